The molecule has 1 saturated carbocycles. The van der Waals surface area contributed by atoms with E-state index in [1.807, 2.05) is 4.90 Å². The van der Waals surface area contributed by atoms with Crippen LogP contribution in [-0.2, 0) is 15.6 Å². The number of fused-ring (bicyclic) bond motifs is 2. The van der Waals surface area contributed by atoms with Crippen LogP contribution < -0.4 is 4.74 Å². The number of hydrogen-bond donors (Lipinski definition) is 0. The number of sulfone groups is 1. The maximum Gasteiger partial charge on any atom is 0.573 e. The quantitative estimate of drug-likeness (QED) is 0.540. The Morgan fingerprint density at radius 2 is 1.74 bits per heavy atom. The number of carbonyl (C=O) groups excluding carboxylic acids is 1. The molecule has 2 aliphatic rings. The molecule has 1 aliphatic carbocycles. The van der Waals surface area contributed by atoms with Gasteiger partial charge >= 0.3 is 6.36 Å². The fourth-order valence-corrected chi connectivity index (χ4v) is 7.74. The van der Waals surface area contributed by atoms with Crippen LogP contribution in [-0.4, -0.2) is 42.7 Å². The van der Waals surface area contributed by atoms with Crippen molar-refractivity contribution in [1.82, 2.24) is 9.88 Å². The van der Waals surface area contributed by atoms with E-state index in [0.717, 1.165) is 31.4 Å². The van der Waals surface area contributed by atoms with Crippen molar-refractivity contribution in [2.24, 2.45) is 10.8 Å². The topological polar surface area (TPSA) is 76.6 Å². The van der Waals surface area contributed by atoms with Crippen LogP contribution in [0.4, 0.5) is 13.2 Å². The van der Waals surface area contributed by atoms with Gasteiger partial charge in [0.15, 0.2) is 9.84 Å². The summed E-state index contributed by atoms with van der Waals surface area (Å²) < 4.78 is 67.2. The predicted molar refractivity (Wildman–Crippen MR) is 123 cm³/mol. The maximum absolute atomic E-state index is 13.5. The van der Waals surface area contributed by atoms with Crippen molar-refractivity contribution in [3.05, 3.63) is 53.9 Å². The molecular formula is C25H29F3N2O4S. The molecule has 1 aromatic carbocycles. The third-order valence-corrected chi connectivity index (χ3v) is 8.42. The monoisotopic (exact) mass is 510 g/mol. The van der Waals surface area contributed by atoms with E-state index in [9.17, 15) is 26.4 Å². The van der Waals surface area contributed by atoms with Gasteiger partial charge in [-0.3, -0.25) is 4.79 Å². The van der Waals surface area contributed by atoms with Crippen molar-refractivity contribution in [2.75, 3.05) is 6.54 Å². The molecule has 35 heavy (non-hydrogen) atoms. The Kier molecular flexibility index (Phi) is 5.98. The summed E-state index contributed by atoms with van der Waals surface area (Å²) in [6, 6.07) is 8.85. The number of halogens is 3. The van der Waals surface area contributed by atoms with Crippen molar-refractivity contribution in [2.45, 2.75) is 69.5 Å². The van der Waals surface area contributed by atoms with Crippen LogP contribution in [0.1, 0.15) is 63.1 Å². The van der Waals surface area contributed by atoms with Gasteiger partial charge in [0, 0.05) is 12.1 Å². The van der Waals surface area contributed by atoms with E-state index in [-0.39, 0.29) is 38.6 Å². The van der Waals surface area contributed by atoms with Gasteiger partial charge in [0.2, 0.25) is 0 Å². The first-order valence-electron chi connectivity index (χ1n) is 11.4. The van der Waals surface area contributed by atoms with Crippen molar-refractivity contribution < 1.29 is 31.1 Å². The number of nitrogens with zero attached hydrogens (tertiary/aromatic N) is 2. The van der Waals surface area contributed by atoms with E-state index in [0.29, 0.717) is 6.54 Å². The first-order valence-corrected chi connectivity index (χ1v) is 13.0. The number of rotatable bonds is 5. The number of likely N-dealkylation sites (tertiary alicyclic amines) is 1. The minimum Gasteiger partial charge on any atom is -0.406 e. The molecule has 2 heterocycles. The normalized spacial score (nSPS) is 26.0. The smallest absolute Gasteiger partial charge is 0.406 e. The Hall–Kier alpha value is -2.62. The highest BCUT2D eigenvalue weighted by atomic mass is 32.2. The number of alkyl halides is 3. The summed E-state index contributed by atoms with van der Waals surface area (Å²) in [5, 5.41) is 0. The third kappa shape index (κ3) is 5.47. The van der Waals surface area contributed by atoms with Crippen LogP contribution in [0.5, 0.6) is 5.75 Å². The number of carbonyl (C=O) groups is 1. The number of aromatic nitrogens is 1. The van der Waals surface area contributed by atoms with Crippen molar-refractivity contribution in [3.63, 3.8) is 0 Å². The Balaban J connectivity index is 1.56. The molecule has 10 heteroatoms. The lowest BCUT2D eigenvalue weighted by molar-refractivity contribution is -0.274. The van der Waals surface area contributed by atoms with Gasteiger partial charge in [-0.25, -0.2) is 13.4 Å². The second kappa shape index (κ2) is 8.21. The molecule has 2 bridgehead atoms. The van der Waals surface area contributed by atoms with Crippen LogP contribution in [0.3, 0.4) is 0 Å². The van der Waals surface area contributed by atoms with Gasteiger partial charge in [0.05, 0.1) is 16.3 Å². The van der Waals surface area contributed by atoms with Gasteiger partial charge in [-0.15, -0.1) is 13.2 Å². The van der Waals surface area contributed by atoms with Crippen LogP contribution >= 0.6 is 0 Å². The van der Waals surface area contributed by atoms with Crippen LogP contribution in [0.25, 0.3) is 0 Å². The predicted octanol–water partition coefficient (Wildman–Crippen LogP) is 5.39. The number of amides is 1. The molecule has 4 rings (SSSR count). The number of pyridine rings is 1. The molecule has 0 unspecified atom stereocenters. The molecular weight excluding hydrogens is 481 g/mol. The zero-order valence-corrected chi connectivity index (χ0v) is 21.0. The second-order valence-electron chi connectivity index (χ2n) is 11.2. The lowest BCUT2D eigenvalue weighted by Crippen LogP contribution is -2.48. The maximum atomic E-state index is 13.5. The summed E-state index contributed by atoms with van der Waals surface area (Å²) in [5.74, 6) is -1.43. The average molecular weight is 511 g/mol. The van der Waals surface area contributed by atoms with E-state index in [1.54, 1.807) is 12.1 Å². The van der Waals surface area contributed by atoms with Crippen molar-refractivity contribution in [3.8, 4) is 5.75 Å². The first kappa shape index (κ1) is 25.5. The first-order chi connectivity index (χ1) is 16.0. The fraction of sp³-hybridized carbons (Fsp3) is 0.520. The van der Waals surface area contributed by atoms with Gasteiger partial charge in [-0.1, -0.05) is 32.9 Å². The highest BCUT2D eigenvalue weighted by molar-refractivity contribution is 7.90. The van der Waals surface area contributed by atoms with Gasteiger partial charge in [0.1, 0.15) is 11.4 Å². The van der Waals surface area contributed by atoms with E-state index < -0.39 is 27.7 Å². The molecule has 0 radical (unpaired) electrons. The Labute approximate surface area is 203 Å². The van der Waals surface area contributed by atoms with E-state index in [2.05, 4.69) is 37.4 Å². The van der Waals surface area contributed by atoms with Gasteiger partial charge < -0.3 is 9.64 Å². The van der Waals surface area contributed by atoms with Crippen LogP contribution in [0, 0.1) is 10.8 Å². The number of ether oxygens (including phenoxy) is 1. The van der Waals surface area contributed by atoms with Gasteiger partial charge in [-0.2, -0.15) is 0 Å². The zero-order valence-electron chi connectivity index (χ0n) is 20.1. The highest BCUT2D eigenvalue weighted by Crippen LogP contribution is 2.57. The molecule has 190 valence electrons. The molecule has 1 saturated heterocycles. The van der Waals surface area contributed by atoms with Crippen molar-refractivity contribution >= 4 is 15.7 Å². The lowest BCUT2D eigenvalue weighted by atomic mass is 9.61. The summed E-state index contributed by atoms with van der Waals surface area (Å²) in [6.45, 7) is 9.35. The number of hydrogen-bond acceptors (Lipinski definition) is 5. The fourth-order valence-electron chi connectivity index (χ4n) is 6.45. The molecule has 1 aliphatic heterocycles. The lowest BCUT2D eigenvalue weighted by Gasteiger charge is -2.45. The molecule has 2 atom stereocenters. The average Bonchev–Trinajstić information content (AvgIpc) is 2.89. The summed E-state index contributed by atoms with van der Waals surface area (Å²) in [4.78, 5) is 19.4. The van der Waals surface area contributed by atoms with Crippen LogP contribution in [0.15, 0.2) is 47.4 Å². The Morgan fingerprint density at radius 3 is 2.43 bits per heavy atom. The summed E-state index contributed by atoms with van der Waals surface area (Å²) in [5.41, 5.74) is 0.0936. The van der Waals surface area contributed by atoms with Crippen LogP contribution in [0.2, 0.25) is 0 Å². The Bertz CT molecular complexity index is 1260. The zero-order chi connectivity index (χ0) is 25.9. The molecule has 2 aromatic rings. The molecule has 1 aromatic heterocycles. The number of benzene rings is 1. The summed E-state index contributed by atoms with van der Waals surface area (Å²) in [6.07, 6.45) is -2.15. The molecule has 0 N–H and O–H groups in total. The van der Waals surface area contributed by atoms with Gasteiger partial charge in [-0.05, 0) is 67.3 Å². The minimum absolute atomic E-state index is 0.0105. The SMILES string of the molecule is CC1(C)C[C@]2(C)CN(C(=O)c3cccc(CS(=O)(=O)c4cccc(OC(F)(F)F)c4)n3)[C@](C)(C1)C2. The summed E-state index contributed by atoms with van der Waals surface area (Å²) in [7, 11) is -4.04. The Morgan fingerprint density at radius 1 is 1.06 bits per heavy atom. The highest BCUT2D eigenvalue weighted by Gasteiger charge is 2.57. The van der Waals surface area contributed by atoms with Crippen molar-refractivity contribution in [1.29, 1.82) is 0 Å². The standard InChI is InChI=1S/C25H29F3N2O4S/c1-22(2)13-23(3)15-24(4,14-22)30(16-23)21(31)20-10-5-7-17(29-20)12-35(32,33)19-9-6-8-18(11-19)34-25(26,27)28/h5-11H,12-16H2,1-4H3/t23-,24+/m0/s1. The molecule has 0 spiro atoms. The molecule has 1 amide bonds. The van der Waals surface area contributed by atoms with E-state index in [1.165, 1.54) is 18.2 Å². The third-order valence-electron chi connectivity index (χ3n) is 6.77. The summed E-state index contributed by atoms with van der Waals surface area (Å²) >= 11 is 0. The molecule has 2 fully saturated rings. The largest absolute Gasteiger partial charge is 0.573 e. The van der Waals surface area contributed by atoms with E-state index in [4.69, 9.17) is 0 Å². The minimum atomic E-state index is -4.94. The molecule has 6 nitrogen and oxygen atoms in total. The second-order valence-corrected chi connectivity index (χ2v) is 13.2. The van der Waals surface area contributed by atoms with Gasteiger partial charge in [0.25, 0.3) is 5.91 Å². The van der Waals surface area contributed by atoms with E-state index >= 15 is 0 Å².